The normalized spacial score (nSPS) is 19.2. The van der Waals surface area contributed by atoms with Gasteiger partial charge in [-0.05, 0) is 30.9 Å². The molecule has 2 rings (SSSR count). The molecule has 12 heavy (non-hydrogen) atoms. The van der Waals surface area contributed by atoms with Crippen LogP contribution >= 0.6 is 0 Å². The molecule has 1 heterocycles. The number of aromatic nitrogens is 2. The van der Waals surface area contributed by atoms with Gasteiger partial charge in [0.05, 0.1) is 5.69 Å². The van der Waals surface area contributed by atoms with Crippen LogP contribution in [0, 0.1) is 0 Å². The van der Waals surface area contributed by atoms with Crippen LogP contribution in [0.2, 0.25) is 0 Å². The van der Waals surface area contributed by atoms with Crippen LogP contribution in [0.15, 0.2) is 23.9 Å². The third-order valence-corrected chi connectivity index (χ3v) is 2.24. The summed E-state index contributed by atoms with van der Waals surface area (Å²) in [5.74, 6) is 0. The topological polar surface area (TPSA) is 48.9 Å². The van der Waals surface area contributed by atoms with E-state index in [-0.39, 0.29) is 0 Å². The maximum absolute atomic E-state index is 9.77. The van der Waals surface area contributed by atoms with Crippen LogP contribution in [-0.4, -0.2) is 15.3 Å². The van der Waals surface area contributed by atoms with Crippen molar-refractivity contribution < 1.29 is 5.11 Å². The lowest BCUT2D eigenvalue weighted by Crippen LogP contribution is -1.99. The van der Waals surface area contributed by atoms with E-state index in [0.29, 0.717) is 0 Å². The summed E-state index contributed by atoms with van der Waals surface area (Å²) in [7, 11) is 0. The lowest BCUT2D eigenvalue weighted by Gasteiger charge is -2.08. The van der Waals surface area contributed by atoms with Gasteiger partial charge in [-0.25, -0.2) is 0 Å². The molecule has 1 aromatic heterocycles. The smallest absolute Gasteiger partial charge is 0.116 e. The monoisotopic (exact) mass is 164 g/mol. The van der Waals surface area contributed by atoms with Crippen molar-refractivity contribution in [3.63, 3.8) is 0 Å². The Kier molecular flexibility index (Phi) is 1.96. The summed E-state index contributed by atoms with van der Waals surface area (Å²) in [4.78, 5) is 0. The fourth-order valence-electron chi connectivity index (χ4n) is 1.56. The number of aliphatic hydroxyl groups excluding tert-OH is 1. The average Bonchev–Trinajstić information content (AvgIpc) is 2.77. The highest BCUT2D eigenvalue weighted by Gasteiger charge is 2.16. The fourth-order valence-corrected chi connectivity index (χ4v) is 1.56. The van der Waals surface area contributed by atoms with Gasteiger partial charge in [0, 0.05) is 6.20 Å². The molecule has 0 bridgehead atoms. The van der Waals surface area contributed by atoms with E-state index < -0.39 is 6.10 Å². The van der Waals surface area contributed by atoms with Crippen molar-refractivity contribution in [2.75, 3.05) is 0 Å². The summed E-state index contributed by atoms with van der Waals surface area (Å²) < 4.78 is 0. The van der Waals surface area contributed by atoms with Crippen LogP contribution in [0.5, 0.6) is 0 Å². The minimum atomic E-state index is -0.463. The van der Waals surface area contributed by atoms with Crippen molar-refractivity contribution in [3.8, 4) is 0 Å². The Morgan fingerprint density at radius 1 is 1.58 bits per heavy atom. The van der Waals surface area contributed by atoms with Gasteiger partial charge >= 0.3 is 0 Å². The number of nitrogens with one attached hydrogen (secondary N) is 1. The van der Waals surface area contributed by atoms with Crippen molar-refractivity contribution in [1.82, 2.24) is 10.2 Å². The van der Waals surface area contributed by atoms with Crippen LogP contribution in [0.25, 0.3) is 0 Å². The van der Waals surface area contributed by atoms with Crippen molar-refractivity contribution in [2.24, 2.45) is 0 Å². The van der Waals surface area contributed by atoms with E-state index in [1.807, 2.05) is 6.07 Å². The Morgan fingerprint density at radius 2 is 2.50 bits per heavy atom. The molecule has 1 unspecified atom stereocenters. The number of hydrogen-bond donors (Lipinski definition) is 2. The molecule has 0 radical (unpaired) electrons. The van der Waals surface area contributed by atoms with E-state index in [1.54, 1.807) is 6.20 Å². The predicted octanol–water partition coefficient (Wildman–Crippen LogP) is 1.55. The second-order valence-electron chi connectivity index (χ2n) is 3.09. The number of rotatable bonds is 2. The first-order valence-electron chi connectivity index (χ1n) is 4.24. The lowest BCUT2D eigenvalue weighted by atomic mass is 10.1. The van der Waals surface area contributed by atoms with E-state index >= 15 is 0 Å². The molecule has 1 aromatic rings. The molecule has 1 atom stereocenters. The summed E-state index contributed by atoms with van der Waals surface area (Å²) in [6.07, 6.45) is 6.59. The third-order valence-electron chi connectivity index (χ3n) is 2.24. The summed E-state index contributed by atoms with van der Waals surface area (Å²) >= 11 is 0. The Labute approximate surface area is 71.1 Å². The maximum Gasteiger partial charge on any atom is 0.116 e. The van der Waals surface area contributed by atoms with E-state index in [1.165, 1.54) is 6.42 Å². The summed E-state index contributed by atoms with van der Waals surface area (Å²) in [6.45, 7) is 0. The molecule has 0 spiro atoms. The van der Waals surface area contributed by atoms with E-state index in [2.05, 4.69) is 16.3 Å². The van der Waals surface area contributed by atoms with Gasteiger partial charge in [-0.15, -0.1) is 0 Å². The van der Waals surface area contributed by atoms with E-state index in [0.717, 1.165) is 24.1 Å². The molecule has 0 fully saturated rings. The molecule has 0 aliphatic heterocycles. The summed E-state index contributed by atoms with van der Waals surface area (Å²) in [6, 6.07) is 1.81. The van der Waals surface area contributed by atoms with Crippen LogP contribution in [0.4, 0.5) is 0 Å². The second kappa shape index (κ2) is 3.11. The van der Waals surface area contributed by atoms with Crippen LogP contribution in [0.1, 0.15) is 31.1 Å². The average molecular weight is 164 g/mol. The Bertz CT molecular complexity index is 277. The van der Waals surface area contributed by atoms with Crippen molar-refractivity contribution in [1.29, 1.82) is 0 Å². The first kappa shape index (κ1) is 7.55. The number of allylic oxidation sites excluding steroid dienone is 1. The molecule has 0 saturated carbocycles. The number of aliphatic hydroxyl groups is 1. The van der Waals surface area contributed by atoms with Gasteiger partial charge in [-0.3, -0.25) is 5.10 Å². The van der Waals surface area contributed by atoms with Gasteiger partial charge in [-0.2, -0.15) is 5.10 Å². The zero-order chi connectivity index (χ0) is 8.39. The summed E-state index contributed by atoms with van der Waals surface area (Å²) in [5, 5.41) is 16.3. The standard InChI is InChI=1S/C9H12N2O/c12-9(7-3-1-2-4-7)8-5-6-10-11-8/h3,5-6,9,12H,1-2,4H2,(H,10,11). The number of H-pyrrole nitrogens is 1. The molecule has 3 nitrogen and oxygen atoms in total. The van der Waals surface area contributed by atoms with E-state index in [4.69, 9.17) is 0 Å². The SMILES string of the molecule is OC(C1=CCCC1)c1ccn[nH]1. The highest BCUT2D eigenvalue weighted by atomic mass is 16.3. The number of aromatic amines is 1. The third kappa shape index (κ3) is 1.28. The maximum atomic E-state index is 9.77. The molecule has 0 amide bonds. The van der Waals surface area contributed by atoms with Crippen LogP contribution in [-0.2, 0) is 0 Å². The minimum Gasteiger partial charge on any atom is -0.382 e. The highest BCUT2D eigenvalue weighted by Crippen LogP contribution is 2.28. The first-order chi connectivity index (χ1) is 5.88. The summed E-state index contributed by atoms with van der Waals surface area (Å²) in [5.41, 5.74) is 1.92. The van der Waals surface area contributed by atoms with Gasteiger partial charge in [0.1, 0.15) is 6.10 Å². The highest BCUT2D eigenvalue weighted by molar-refractivity contribution is 5.20. The molecule has 2 N–H and O–H groups in total. The van der Waals surface area contributed by atoms with Gasteiger partial charge in [0.2, 0.25) is 0 Å². The first-order valence-corrected chi connectivity index (χ1v) is 4.24. The number of nitrogens with zero attached hydrogens (tertiary/aromatic N) is 1. The number of hydrogen-bond acceptors (Lipinski definition) is 2. The largest absolute Gasteiger partial charge is 0.382 e. The van der Waals surface area contributed by atoms with Crippen molar-refractivity contribution in [3.05, 3.63) is 29.6 Å². The quantitative estimate of drug-likeness (QED) is 0.651. The van der Waals surface area contributed by atoms with Crippen LogP contribution in [0.3, 0.4) is 0 Å². The second-order valence-corrected chi connectivity index (χ2v) is 3.09. The molecule has 0 saturated heterocycles. The molecule has 0 aromatic carbocycles. The van der Waals surface area contributed by atoms with Gasteiger partial charge in [-0.1, -0.05) is 6.08 Å². The van der Waals surface area contributed by atoms with Crippen LogP contribution < -0.4 is 0 Å². The zero-order valence-electron chi connectivity index (χ0n) is 6.83. The van der Waals surface area contributed by atoms with Gasteiger partial charge in [0.15, 0.2) is 0 Å². The van der Waals surface area contributed by atoms with E-state index in [9.17, 15) is 5.11 Å². The van der Waals surface area contributed by atoms with Crippen molar-refractivity contribution in [2.45, 2.75) is 25.4 Å². The Hall–Kier alpha value is -1.09. The molecule has 1 aliphatic carbocycles. The Morgan fingerprint density at radius 3 is 3.08 bits per heavy atom. The molecule has 3 heteroatoms. The molecule has 64 valence electrons. The van der Waals surface area contributed by atoms with Gasteiger partial charge in [0.25, 0.3) is 0 Å². The minimum absolute atomic E-state index is 0.463. The molecular weight excluding hydrogens is 152 g/mol. The van der Waals surface area contributed by atoms with Crippen molar-refractivity contribution >= 4 is 0 Å². The zero-order valence-corrected chi connectivity index (χ0v) is 6.83. The predicted molar refractivity (Wildman–Crippen MR) is 45.5 cm³/mol. The van der Waals surface area contributed by atoms with Gasteiger partial charge < -0.3 is 5.11 Å². The lowest BCUT2D eigenvalue weighted by molar-refractivity contribution is 0.207. The Balaban J connectivity index is 2.14. The fraction of sp³-hybridized carbons (Fsp3) is 0.444. The molecular formula is C9H12N2O. The molecule has 1 aliphatic rings.